The van der Waals surface area contributed by atoms with E-state index in [1.807, 2.05) is 0 Å². The van der Waals surface area contributed by atoms with E-state index in [4.69, 9.17) is 5.11 Å². The lowest BCUT2D eigenvalue weighted by atomic mass is 9.81. The summed E-state index contributed by atoms with van der Waals surface area (Å²) in [5.41, 5.74) is -0.787. The van der Waals surface area contributed by atoms with Crippen molar-refractivity contribution >= 4 is 11.8 Å². The van der Waals surface area contributed by atoms with Gasteiger partial charge in [0.25, 0.3) is 0 Å². The predicted octanol–water partition coefficient (Wildman–Crippen LogP) is 3.16. The van der Waals surface area contributed by atoms with E-state index >= 15 is 0 Å². The van der Waals surface area contributed by atoms with Crippen molar-refractivity contribution in [2.45, 2.75) is 49.8 Å². The average molecular weight is 374 g/mol. The van der Waals surface area contributed by atoms with E-state index in [9.17, 15) is 18.7 Å². The average Bonchev–Trinajstić information content (AvgIpc) is 2.90. The highest BCUT2D eigenvalue weighted by Crippen LogP contribution is 2.44. The van der Waals surface area contributed by atoms with Crippen LogP contribution in [0.25, 0.3) is 0 Å². The van der Waals surface area contributed by atoms with Crippen molar-refractivity contribution in [2.75, 3.05) is 4.90 Å². The van der Waals surface area contributed by atoms with Crippen molar-refractivity contribution in [2.24, 2.45) is 0 Å². The Morgan fingerprint density at radius 1 is 1.19 bits per heavy atom. The fourth-order valence-electron chi connectivity index (χ4n) is 4.55. The number of anilines is 1. The van der Waals surface area contributed by atoms with Crippen LogP contribution in [0, 0.1) is 11.6 Å². The lowest BCUT2D eigenvalue weighted by molar-refractivity contribution is 0.00124. The summed E-state index contributed by atoms with van der Waals surface area (Å²) in [6, 6.07) is 8.33. The topological polar surface area (TPSA) is 73.7 Å². The summed E-state index contributed by atoms with van der Waals surface area (Å²) in [5, 5.41) is 20.3. The van der Waals surface area contributed by atoms with Crippen molar-refractivity contribution in [3.8, 4) is 0 Å². The minimum absolute atomic E-state index is 0.00815. The number of rotatable bonds is 4. The summed E-state index contributed by atoms with van der Waals surface area (Å²) in [6.45, 7) is 0. The van der Waals surface area contributed by atoms with Crippen LogP contribution < -0.4 is 4.90 Å². The van der Waals surface area contributed by atoms with Crippen LogP contribution in [0.4, 0.5) is 14.6 Å². The number of carboxylic acid groups (broad SMARTS) is 1. The third-order valence-electron chi connectivity index (χ3n) is 5.60. The van der Waals surface area contributed by atoms with E-state index in [0.29, 0.717) is 24.2 Å². The van der Waals surface area contributed by atoms with Gasteiger partial charge < -0.3 is 15.1 Å². The number of nitrogens with zero attached hydrogens (tertiary/aromatic N) is 2. The summed E-state index contributed by atoms with van der Waals surface area (Å²) < 4.78 is 27.1. The van der Waals surface area contributed by atoms with Gasteiger partial charge in [-0.3, -0.25) is 0 Å². The summed E-state index contributed by atoms with van der Waals surface area (Å²) in [4.78, 5) is 17.5. The first-order valence-electron chi connectivity index (χ1n) is 9.00. The number of fused-ring (bicyclic) bond motifs is 2. The van der Waals surface area contributed by atoms with Gasteiger partial charge in [0.2, 0.25) is 0 Å². The zero-order chi connectivity index (χ0) is 19.2. The van der Waals surface area contributed by atoms with Gasteiger partial charge in [0.15, 0.2) is 5.69 Å². The minimum atomic E-state index is -1.08. The van der Waals surface area contributed by atoms with Crippen molar-refractivity contribution in [1.82, 2.24) is 4.98 Å². The van der Waals surface area contributed by atoms with Gasteiger partial charge >= 0.3 is 5.97 Å². The molecular formula is C20H20F2N2O3. The molecule has 2 saturated heterocycles. The van der Waals surface area contributed by atoms with Crippen molar-refractivity contribution in [3.63, 3.8) is 0 Å². The Labute approximate surface area is 155 Å². The number of carboxylic acids is 1. The molecule has 2 N–H and O–H groups in total. The molecule has 3 heterocycles. The fraction of sp³-hybridized carbons (Fsp3) is 0.400. The molecule has 0 spiro atoms. The molecule has 0 amide bonds. The van der Waals surface area contributed by atoms with Gasteiger partial charge in [0.05, 0.1) is 5.60 Å². The molecule has 0 radical (unpaired) electrons. The van der Waals surface area contributed by atoms with Crippen LogP contribution in [0.3, 0.4) is 0 Å². The Bertz CT molecular complexity index is 875. The smallest absolute Gasteiger partial charge is 0.354 e. The Hall–Kier alpha value is -2.54. The molecule has 1 aromatic heterocycles. The molecule has 1 aromatic carbocycles. The molecule has 0 aliphatic carbocycles. The van der Waals surface area contributed by atoms with Crippen LogP contribution in [0.15, 0.2) is 36.4 Å². The third kappa shape index (κ3) is 3.39. The van der Waals surface area contributed by atoms with Gasteiger partial charge in [-0.2, -0.15) is 0 Å². The number of aliphatic hydroxyl groups is 1. The van der Waals surface area contributed by atoms with Crippen LogP contribution in [0.2, 0.25) is 0 Å². The monoisotopic (exact) mass is 374 g/mol. The molecule has 142 valence electrons. The van der Waals surface area contributed by atoms with Crippen molar-refractivity contribution in [3.05, 3.63) is 59.3 Å². The van der Waals surface area contributed by atoms with Crippen LogP contribution in [0.5, 0.6) is 0 Å². The zero-order valence-electron chi connectivity index (χ0n) is 14.6. The zero-order valence-corrected chi connectivity index (χ0v) is 14.6. The van der Waals surface area contributed by atoms with Crippen LogP contribution >= 0.6 is 0 Å². The van der Waals surface area contributed by atoms with Crippen molar-refractivity contribution < 1.29 is 23.8 Å². The first kappa shape index (κ1) is 17.9. The maximum atomic E-state index is 14.0. The molecular weight excluding hydrogens is 354 g/mol. The Morgan fingerprint density at radius 2 is 1.89 bits per heavy atom. The first-order chi connectivity index (χ1) is 12.8. The second kappa shape index (κ2) is 6.56. The highest BCUT2D eigenvalue weighted by molar-refractivity contribution is 5.85. The molecule has 2 aliphatic heterocycles. The molecule has 7 heteroatoms. The molecule has 2 unspecified atom stereocenters. The molecule has 27 heavy (non-hydrogen) atoms. The highest BCUT2D eigenvalue weighted by Gasteiger charge is 2.48. The third-order valence-corrected chi connectivity index (χ3v) is 5.60. The van der Waals surface area contributed by atoms with Gasteiger partial charge in [0, 0.05) is 24.6 Å². The van der Waals surface area contributed by atoms with Crippen LogP contribution in [-0.4, -0.2) is 38.9 Å². The largest absolute Gasteiger partial charge is 0.477 e. The molecule has 4 rings (SSSR count). The molecule has 2 aliphatic rings. The van der Waals surface area contributed by atoms with E-state index in [1.165, 1.54) is 18.2 Å². The van der Waals surface area contributed by atoms with Gasteiger partial charge in [0.1, 0.15) is 17.5 Å². The molecule has 2 aromatic rings. The number of aromatic carboxylic acids is 1. The SMILES string of the molecule is O=C(O)c1cccc(N2C3CCC2CC(O)(Cc2ccc(F)cc2F)C3)n1. The lowest BCUT2D eigenvalue weighted by Gasteiger charge is -2.44. The van der Waals surface area contributed by atoms with Gasteiger partial charge in [-0.05, 0) is 49.4 Å². The summed E-state index contributed by atoms with van der Waals surface area (Å²) in [5.74, 6) is -1.77. The Kier molecular flexibility index (Phi) is 4.34. The molecule has 5 nitrogen and oxygen atoms in total. The fourth-order valence-corrected chi connectivity index (χ4v) is 4.55. The van der Waals surface area contributed by atoms with Crippen LogP contribution in [0.1, 0.15) is 41.7 Å². The number of benzene rings is 1. The van der Waals surface area contributed by atoms with Gasteiger partial charge in [-0.15, -0.1) is 0 Å². The highest BCUT2D eigenvalue weighted by atomic mass is 19.1. The van der Waals surface area contributed by atoms with E-state index in [1.54, 1.807) is 12.1 Å². The normalized spacial score (nSPS) is 27.0. The Balaban J connectivity index is 1.56. The van der Waals surface area contributed by atoms with E-state index in [2.05, 4.69) is 9.88 Å². The number of hydrogen-bond donors (Lipinski definition) is 2. The summed E-state index contributed by atoms with van der Waals surface area (Å²) in [7, 11) is 0. The number of pyridine rings is 1. The molecule has 0 saturated carbocycles. The number of halogens is 2. The molecule has 2 bridgehead atoms. The van der Waals surface area contributed by atoms with Gasteiger partial charge in [-0.25, -0.2) is 18.6 Å². The minimum Gasteiger partial charge on any atom is -0.477 e. The Morgan fingerprint density at radius 3 is 2.52 bits per heavy atom. The summed E-state index contributed by atoms with van der Waals surface area (Å²) in [6.07, 6.45) is 2.71. The van der Waals surface area contributed by atoms with Gasteiger partial charge in [-0.1, -0.05) is 12.1 Å². The number of hydrogen-bond acceptors (Lipinski definition) is 4. The number of carbonyl (C=O) groups is 1. The second-order valence-electron chi connectivity index (χ2n) is 7.52. The molecule has 2 fully saturated rings. The standard InChI is InChI=1S/C20H20F2N2O3/c21-13-5-4-12(16(22)8-13)9-20(27)10-14-6-7-15(11-20)24(14)18-3-1-2-17(23-18)19(25)26/h1-5,8,14-15,27H,6-7,9-11H2,(H,25,26). The van der Waals surface area contributed by atoms with E-state index < -0.39 is 23.2 Å². The van der Waals surface area contributed by atoms with Crippen LogP contribution in [-0.2, 0) is 6.42 Å². The molecule has 2 atom stereocenters. The quantitative estimate of drug-likeness (QED) is 0.860. The predicted molar refractivity (Wildman–Crippen MR) is 94.7 cm³/mol. The number of piperidine rings is 1. The second-order valence-corrected chi connectivity index (χ2v) is 7.52. The lowest BCUT2D eigenvalue weighted by Crippen LogP contribution is -2.52. The van der Waals surface area contributed by atoms with E-state index in [0.717, 1.165) is 18.9 Å². The van der Waals surface area contributed by atoms with E-state index in [-0.39, 0.29) is 24.2 Å². The first-order valence-corrected chi connectivity index (χ1v) is 9.00. The van der Waals surface area contributed by atoms with Crippen molar-refractivity contribution in [1.29, 1.82) is 0 Å². The number of aromatic nitrogens is 1. The summed E-state index contributed by atoms with van der Waals surface area (Å²) >= 11 is 0. The maximum absolute atomic E-state index is 14.0. The maximum Gasteiger partial charge on any atom is 0.354 e.